The highest BCUT2D eigenvalue weighted by Gasteiger charge is 2.14. The minimum absolute atomic E-state index is 0.240. The Bertz CT molecular complexity index is 829. The molecule has 0 aliphatic rings. The molecular formula is C19H25N7. The quantitative estimate of drug-likeness (QED) is 0.680. The zero-order valence-corrected chi connectivity index (χ0v) is 16.0. The van der Waals surface area contributed by atoms with Gasteiger partial charge in [0.2, 0.25) is 11.9 Å². The number of anilines is 2. The van der Waals surface area contributed by atoms with Crippen molar-refractivity contribution in [2.45, 2.75) is 26.3 Å². The molecule has 0 radical (unpaired) electrons. The van der Waals surface area contributed by atoms with Gasteiger partial charge in [-0.3, -0.25) is 0 Å². The highest BCUT2D eigenvalue weighted by molar-refractivity contribution is 5.39. The highest BCUT2D eigenvalue weighted by atomic mass is 15.3. The van der Waals surface area contributed by atoms with E-state index in [2.05, 4.69) is 33.9 Å². The number of benzene rings is 1. The van der Waals surface area contributed by atoms with Crippen LogP contribution in [-0.2, 0) is 6.54 Å². The summed E-state index contributed by atoms with van der Waals surface area (Å²) in [5, 5.41) is 4.45. The molecule has 0 aliphatic carbocycles. The molecule has 0 spiro atoms. The van der Waals surface area contributed by atoms with E-state index in [1.165, 1.54) is 0 Å². The maximum absolute atomic E-state index is 4.63. The summed E-state index contributed by atoms with van der Waals surface area (Å²) in [5.41, 5.74) is 2.13. The zero-order valence-electron chi connectivity index (χ0n) is 16.0. The molecule has 1 aromatic carbocycles. The molecule has 0 bridgehead atoms. The predicted octanol–water partition coefficient (Wildman–Crippen LogP) is 2.88. The van der Waals surface area contributed by atoms with Crippen LogP contribution in [0.5, 0.6) is 0 Å². The Kier molecular flexibility index (Phi) is 5.16. The molecule has 7 nitrogen and oxygen atoms in total. The summed E-state index contributed by atoms with van der Waals surface area (Å²) in [6.07, 6.45) is 3.91. The maximum atomic E-state index is 4.63. The van der Waals surface area contributed by atoms with Crippen LogP contribution in [0.25, 0.3) is 5.69 Å². The van der Waals surface area contributed by atoms with Crippen molar-refractivity contribution in [2.24, 2.45) is 0 Å². The Morgan fingerprint density at radius 1 is 0.962 bits per heavy atom. The van der Waals surface area contributed by atoms with Crippen molar-refractivity contribution in [1.29, 1.82) is 0 Å². The Balaban J connectivity index is 1.82. The molecule has 0 saturated heterocycles. The second kappa shape index (κ2) is 7.51. The molecular weight excluding hydrogens is 326 g/mol. The minimum atomic E-state index is 0.240. The van der Waals surface area contributed by atoms with Crippen LogP contribution in [0.15, 0.2) is 42.7 Å². The van der Waals surface area contributed by atoms with Crippen molar-refractivity contribution >= 4 is 11.9 Å². The molecule has 26 heavy (non-hydrogen) atoms. The number of nitrogens with zero attached hydrogens (tertiary/aromatic N) is 7. The lowest BCUT2D eigenvalue weighted by atomic mass is 10.2. The third-order valence-electron chi connectivity index (χ3n) is 3.96. The van der Waals surface area contributed by atoms with Crippen molar-refractivity contribution < 1.29 is 0 Å². The third kappa shape index (κ3) is 3.99. The maximum Gasteiger partial charge on any atom is 0.230 e. The minimum Gasteiger partial charge on any atom is -0.347 e. The summed E-state index contributed by atoms with van der Waals surface area (Å²) in [4.78, 5) is 17.7. The SMILES string of the molecule is CC(C)c1nc(N(C)C)nc(N(C)Cc2cnn(-c3ccccc3)c2)n1. The Morgan fingerprint density at radius 3 is 2.31 bits per heavy atom. The number of hydrogen-bond donors (Lipinski definition) is 0. The highest BCUT2D eigenvalue weighted by Crippen LogP contribution is 2.18. The topological polar surface area (TPSA) is 63.0 Å². The molecule has 7 heteroatoms. The van der Waals surface area contributed by atoms with Gasteiger partial charge >= 0.3 is 0 Å². The van der Waals surface area contributed by atoms with Crippen LogP contribution in [0.2, 0.25) is 0 Å². The van der Waals surface area contributed by atoms with Crippen LogP contribution in [0.3, 0.4) is 0 Å². The molecule has 0 amide bonds. The first-order chi connectivity index (χ1) is 12.4. The van der Waals surface area contributed by atoms with Gasteiger partial charge in [0.1, 0.15) is 5.82 Å². The molecule has 0 atom stereocenters. The van der Waals surface area contributed by atoms with Crippen molar-refractivity contribution in [3.8, 4) is 5.69 Å². The fraction of sp³-hybridized carbons (Fsp3) is 0.368. The van der Waals surface area contributed by atoms with Gasteiger partial charge in [0.15, 0.2) is 0 Å². The van der Waals surface area contributed by atoms with E-state index in [9.17, 15) is 0 Å². The molecule has 3 aromatic rings. The average molecular weight is 351 g/mol. The van der Waals surface area contributed by atoms with E-state index in [4.69, 9.17) is 0 Å². The second-order valence-corrected chi connectivity index (χ2v) is 6.83. The smallest absolute Gasteiger partial charge is 0.230 e. The first kappa shape index (κ1) is 17.8. The van der Waals surface area contributed by atoms with Crippen LogP contribution < -0.4 is 9.80 Å². The van der Waals surface area contributed by atoms with E-state index < -0.39 is 0 Å². The first-order valence-electron chi connectivity index (χ1n) is 8.67. The van der Waals surface area contributed by atoms with Crippen molar-refractivity contribution in [2.75, 3.05) is 30.9 Å². The van der Waals surface area contributed by atoms with Gasteiger partial charge in [-0.25, -0.2) is 4.68 Å². The largest absolute Gasteiger partial charge is 0.347 e. The van der Waals surface area contributed by atoms with E-state index in [-0.39, 0.29) is 5.92 Å². The summed E-state index contributed by atoms with van der Waals surface area (Å²) in [6.45, 7) is 4.84. The van der Waals surface area contributed by atoms with Crippen LogP contribution >= 0.6 is 0 Å². The average Bonchev–Trinajstić information content (AvgIpc) is 3.10. The van der Waals surface area contributed by atoms with Crippen LogP contribution in [0.1, 0.15) is 31.2 Å². The van der Waals surface area contributed by atoms with Gasteiger partial charge in [0.25, 0.3) is 0 Å². The van der Waals surface area contributed by atoms with Gasteiger partial charge < -0.3 is 9.80 Å². The number of hydrogen-bond acceptors (Lipinski definition) is 6. The van der Waals surface area contributed by atoms with Crippen molar-refractivity contribution in [3.05, 3.63) is 54.1 Å². The molecule has 3 rings (SSSR count). The van der Waals surface area contributed by atoms with Crippen LogP contribution in [0.4, 0.5) is 11.9 Å². The Labute approximate surface area is 154 Å². The Morgan fingerprint density at radius 2 is 1.65 bits per heavy atom. The zero-order chi connectivity index (χ0) is 18.7. The standard InChI is InChI=1S/C19H25N7/c1-14(2)17-21-18(24(3)4)23-19(22-17)25(5)12-15-11-20-26(13-15)16-9-7-6-8-10-16/h6-11,13-14H,12H2,1-5H3. The molecule has 136 valence electrons. The van der Waals surface area contributed by atoms with Crippen molar-refractivity contribution in [1.82, 2.24) is 24.7 Å². The number of aromatic nitrogens is 5. The lowest BCUT2D eigenvalue weighted by Gasteiger charge is -2.20. The molecule has 0 aliphatic heterocycles. The molecule has 0 fully saturated rings. The van der Waals surface area contributed by atoms with Gasteiger partial charge in [0.05, 0.1) is 11.9 Å². The van der Waals surface area contributed by atoms with E-state index in [1.807, 2.05) is 78.4 Å². The van der Waals surface area contributed by atoms with Gasteiger partial charge in [-0.1, -0.05) is 32.0 Å². The summed E-state index contributed by atoms with van der Waals surface area (Å²) in [6, 6.07) is 10.1. The van der Waals surface area contributed by atoms with Crippen LogP contribution in [-0.4, -0.2) is 45.9 Å². The van der Waals surface area contributed by atoms with Gasteiger partial charge in [0, 0.05) is 45.4 Å². The first-order valence-corrected chi connectivity index (χ1v) is 8.67. The number of para-hydroxylation sites is 1. The van der Waals surface area contributed by atoms with Gasteiger partial charge in [-0.15, -0.1) is 0 Å². The van der Waals surface area contributed by atoms with E-state index >= 15 is 0 Å². The van der Waals surface area contributed by atoms with E-state index in [1.54, 1.807) is 0 Å². The monoisotopic (exact) mass is 351 g/mol. The third-order valence-corrected chi connectivity index (χ3v) is 3.96. The molecule has 0 N–H and O–H groups in total. The molecule has 0 saturated carbocycles. The summed E-state index contributed by atoms with van der Waals surface area (Å²) in [7, 11) is 5.86. The predicted molar refractivity (Wildman–Crippen MR) is 104 cm³/mol. The normalized spacial score (nSPS) is 11.0. The van der Waals surface area contributed by atoms with Gasteiger partial charge in [-0.05, 0) is 12.1 Å². The van der Waals surface area contributed by atoms with Crippen molar-refractivity contribution in [3.63, 3.8) is 0 Å². The van der Waals surface area contributed by atoms with Gasteiger partial charge in [-0.2, -0.15) is 20.1 Å². The van der Waals surface area contributed by atoms with Crippen LogP contribution in [0, 0.1) is 0 Å². The van der Waals surface area contributed by atoms with E-state index in [0.717, 1.165) is 17.1 Å². The fourth-order valence-corrected chi connectivity index (χ4v) is 2.51. The fourth-order valence-electron chi connectivity index (χ4n) is 2.51. The molecule has 2 aromatic heterocycles. The lowest BCUT2D eigenvalue weighted by Crippen LogP contribution is -2.23. The summed E-state index contributed by atoms with van der Waals surface area (Å²) >= 11 is 0. The summed E-state index contributed by atoms with van der Waals surface area (Å²) < 4.78 is 1.88. The Hall–Kier alpha value is -2.96. The summed E-state index contributed by atoms with van der Waals surface area (Å²) in [5.74, 6) is 2.38. The lowest BCUT2D eigenvalue weighted by molar-refractivity contribution is 0.736. The molecule has 0 unspecified atom stereocenters. The number of rotatable bonds is 6. The second-order valence-electron chi connectivity index (χ2n) is 6.83. The van der Waals surface area contributed by atoms with E-state index in [0.29, 0.717) is 18.4 Å². The molecule has 2 heterocycles.